The summed E-state index contributed by atoms with van der Waals surface area (Å²) in [5.41, 5.74) is 0.158. The average molecular weight is 571 g/mol. The molecule has 4 rings (SSSR count). The quantitative estimate of drug-likeness (QED) is 0.319. The number of hydrogen-bond donors (Lipinski definition) is 4. The second kappa shape index (κ2) is 13.8. The molecule has 0 aromatic carbocycles. The predicted octanol–water partition coefficient (Wildman–Crippen LogP) is 3.15. The van der Waals surface area contributed by atoms with Crippen LogP contribution in [0.2, 0.25) is 0 Å². The Kier molecular flexibility index (Phi) is 11.6. The smallest absolute Gasteiger partial charge is 0.414 e. The first-order valence-electron chi connectivity index (χ1n) is 14.3. The van der Waals surface area contributed by atoms with E-state index < -0.39 is 11.9 Å². The van der Waals surface area contributed by atoms with Crippen molar-refractivity contribution in [3.8, 4) is 0 Å². The number of carbonyl (C=O) groups excluding carboxylic acids is 2. The number of ether oxygens (including phenoxy) is 2. The molecule has 40 heavy (non-hydrogen) atoms. The SMILES string of the molecule is CC(C)(C)OC(=O)N1CCCC2(CC1)CNC2.CC(C)(C)OC(=O)N1CCCC2(CC1)CNC2.O=C(O)C(=O)O. The van der Waals surface area contributed by atoms with Crippen molar-refractivity contribution in [2.45, 2.75) is 91.3 Å². The zero-order valence-corrected chi connectivity index (χ0v) is 25.1. The zero-order chi connectivity index (χ0) is 30.2. The molecule has 2 spiro atoms. The molecule has 12 heteroatoms. The Balaban J connectivity index is 0.000000234. The van der Waals surface area contributed by atoms with Gasteiger partial charge in [0, 0.05) is 52.4 Å². The molecule has 4 heterocycles. The number of aliphatic carboxylic acids is 2. The Hall–Kier alpha value is -2.60. The molecule has 2 amide bonds. The maximum absolute atomic E-state index is 12.0. The minimum atomic E-state index is -1.82. The molecule has 4 aliphatic rings. The molecule has 4 saturated heterocycles. The van der Waals surface area contributed by atoms with Crippen LogP contribution in [0.1, 0.15) is 80.1 Å². The highest BCUT2D eigenvalue weighted by Gasteiger charge is 2.40. The normalized spacial score (nSPS) is 21.6. The van der Waals surface area contributed by atoms with Crippen molar-refractivity contribution >= 4 is 24.1 Å². The molecule has 0 aromatic heterocycles. The Morgan fingerprint density at radius 2 is 0.925 bits per heavy atom. The first kappa shape index (κ1) is 33.6. The van der Waals surface area contributed by atoms with Crippen molar-refractivity contribution in [1.82, 2.24) is 20.4 Å². The Bertz CT molecular complexity index is 816. The summed E-state index contributed by atoms with van der Waals surface area (Å²) in [6.45, 7) is 19.4. The number of likely N-dealkylation sites (tertiary alicyclic amines) is 2. The summed E-state index contributed by atoms with van der Waals surface area (Å²) in [7, 11) is 0. The summed E-state index contributed by atoms with van der Waals surface area (Å²) in [6, 6.07) is 0. The van der Waals surface area contributed by atoms with Crippen LogP contribution < -0.4 is 10.6 Å². The van der Waals surface area contributed by atoms with E-state index in [1.165, 1.54) is 12.8 Å². The summed E-state index contributed by atoms with van der Waals surface area (Å²) in [5.74, 6) is -3.65. The van der Waals surface area contributed by atoms with E-state index in [-0.39, 0.29) is 23.4 Å². The van der Waals surface area contributed by atoms with Gasteiger partial charge >= 0.3 is 24.1 Å². The van der Waals surface area contributed by atoms with Crippen molar-refractivity contribution < 1.29 is 38.9 Å². The maximum Gasteiger partial charge on any atom is 0.414 e. The predicted molar refractivity (Wildman–Crippen MR) is 149 cm³/mol. The number of carbonyl (C=O) groups is 4. The molecular weight excluding hydrogens is 520 g/mol. The number of carboxylic acids is 2. The fourth-order valence-corrected chi connectivity index (χ4v) is 5.19. The van der Waals surface area contributed by atoms with Crippen molar-refractivity contribution in [1.29, 1.82) is 0 Å². The minimum absolute atomic E-state index is 0.151. The van der Waals surface area contributed by atoms with Crippen LogP contribution in [0.5, 0.6) is 0 Å². The Labute approximate surface area is 238 Å². The van der Waals surface area contributed by atoms with Gasteiger partial charge in [-0.1, -0.05) is 0 Å². The third-order valence-electron chi connectivity index (χ3n) is 7.58. The summed E-state index contributed by atoms with van der Waals surface area (Å²) in [4.78, 5) is 45.9. The maximum atomic E-state index is 12.0. The number of hydrogen-bond acceptors (Lipinski definition) is 8. The molecule has 4 N–H and O–H groups in total. The molecule has 0 radical (unpaired) electrons. The van der Waals surface area contributed by atoms with Crippen LogP contribution >= 0.6 is 0 Å². The lowest BCUT2D eigenvalue weighted by atomic mass is 9.75. The van der Waals surface area contributed by atoms with E-state index >= 15 is 0 Å². The van der Waals surface area contributed by atoms with E-state index in [9.17, 15) is 9.59 Å². The van der Waals surface area contributed by atoms with Gasteiger partial charge in [-0.2, -0.15) is 0 Å². The molecule has 0 aromatic rings. The third kappa shape index (κ3) is 11.1. The van der Waals surface area contributed by atoms with Gasteiger partial charge in [-0.25, -0.2) is 19.2 Å². The number of nitrogens with one attached hydrogen (secondary N) is 2. The molecule has 0 bridgehead atoms. The summed E-state index contributed by atoms with van der Waals surface area (Å²) in [6.07, 6.45) is 6.59. The van der Waals surface area contributed by atoms with E-state index in [0.29, 0.717) is 10.8 Å². The highest BCUT2D eigenvalue weighted by molar-refractivity contribution is 6.27. The van der Waals surface area contributed by atoms with Crippen LogP contribution in [-0.4, -0.2) is 108 Å². The standard InChI is InChI=1S/2C13H24N2O2.C2H2O4/c2*1-12(2,3)17-11(16)15-7-4-5-13(6-8-15)9-14-10-13;3-1(4)2(5)6/h2*14H,4-10H2,1-3H3;(H,3,4)(H,5,6). The van der Waals surface area contributed by atoms with Crippen molar-refractivity contribution in [2.24, 2.45) is 10.8 Å². The first-order chi connectivity index (χ1) is 18.4. The highest BCUT2D eigenvalue weighted by Crippen LogP contribution is 2.36. The molecule has 4 aliphatic heterocycles. The van der Waals surface area contributed by atoms with Crippen molar-refractivity contribution in [3.05, 3.63) is 0 Å². The van der Waals surface area contributed by atoms with Crippen molar-refractivity contribution in [3.63, 3.8) is 0 Å². The summed E-state index contributed by atoms with van der Waals surface area (Å²) >= 11 is 0. The monoisotopic (exact) mass is 570 g/mol. The number of nitrogens with zero attached hydrogens (tertiary/aromatic N) is 2. The van der Waals surface area contributed by atoms with Crippen LogP contribution in [0.25, 0.3) is 0 Å². The van der Waals surface area contributed by atoms with Crippen LogP contribution in [0, 0.1) is 10.8 Å². The molecule has 0 aliphatic carbocycles. The highest BCUT2D eigenvalue weighted by atomic mass is 16.6. The largest absolute Gasteiger partial charge is 0.473 e. The lowest BCUT2D eigenvalue weighted by Gasteiger charge is -2.42. The van der Waals surface area contributed by atoms with E-state index in [1.807, 2.05) is 51.3 Å². The lowest BCUT2D eigenvalue weighted by molar-refractivity contribution is -0.159. The second-order valence-corrected chi connectivity index (χ2v) is 13.5. The van der Waals surface area contributed by atoms with Gasteiger partial charge in [0.25, 0.3) is 0 Å². The molecule has 0 unspecified atom stereocenters. The van der Waals surface area contributed by atoms with Gasteiger partial charge < -0.3 is 40.1 Å². The van der Waals surface area contributed by atoms with Crippen molar-refractivity contribution in [2.75, 3.05) is 52.4 Å². The van der Waals surface area contributed by atoms with Gasteiger partial charge in [0.2, 0.25) is 0 Å². The minimum Gasteiger partial charge on any atom is -0.473 e. The molecule has 230 valence electrons. The van der Waals surface area contributed by atoms with E-state index in [2.05, 4.69) is 10.6 Å². The molecule has 0 saturated carbocycles. The molecule has 0 atom stereocenters. The van der Waals surface area contributed by atoms with Gasteiger partial charge in [0.1, 0.15) is 11.2 Å². The topological polar surface area (TPSA) is 158 Å². The van der Waals surface area contributed by atoms with Gasteiger partial charge in [0.05, 0.1) is 0 Å². The number of rotatable bonds is 0. The van der Waals surface area contributed by atoms with Gasteiger partial charge in [-0.3, -0.25) is 0 Å². The fraction of sp³-hybridized carbons (Fsp3) is 0.857. The summed E-state index contributed by atoms with van der Waals surface area (Å²) in [5, 5.41) is 21.5. The second-order valence-electron chi connectivity index (χ2n) is 13.5. The number of carboxylic acid groups (broad SMARTS) is 2. The Morgan fingerprint density at radius 1 is 0.600 bits per heavy atom. The average Bonchev–Trinajstić information content (AvgIpc) is 3.15. The Morgan fingerprint density at radius 3 is 1.15 bits per heavy atom. The van der Waals surface area contributed by atoms with Gasteiger partial charge in [-0.15, -0.1) is 0 Å². The van der Waals surface area contributed by atoms with Crippen LogP contribution in [0.3, 0.4) is 0 Å². The number of amides is 2. The summed E-state index contributed by atoms with van der Waals surface area (Å²) < 4.78 is 10.8. The van der Waals surface area contributed by atoms with E-state index in [1.54, 1.807) is 0 Å². The van der Waals surface area contributed by atoms with E-state index in [4.69, 9.17) is 29.3 Å². The molecule has 12 nitrogen and oxygen atoms in total. The van der Waals surface area contributed by atoms with E-state index in [0.717, 1.165) is 78.0 Å². The molecular formula is C28H50N4O8. The van der Waals surface area contributed by atoms with Gasteiger partial charge in [0.15, 0.2) is 0 Å². The van der Waals surface area contributed by atoms with Crippen LogP contribution in [0.4, 0.5) is 9.59 Å². The van der Waals surface area contributed by atoms with Crippen LogP contribution in [0.15, 0.2) is 0 Å². The third-order valence-corrected chi connectivity index (χ3v) is 7.58. The first-order valence-corrected chi connectivity index (χ1v) is 14.3. The lowest BCUT2D eigenvalue weighted by Crippen LogP contribution is -2.53. The zero-order valence-electron chi connectivity index (χ0n) is 25.1. The van der Waals surface area contributed by atoms with Crippen LogP contribution in [-0.2, 0) is 19.1 Å². The fourth-order valence-electron chi connectivity index (χ4n) is 5.19. The molecule has 4 fully saturated rings. The van der Waals surface area contributed by atoms with Gasteiger partial charge in [-0.05, 0) is 90.9 Å².